The molecular weight excluding hydrogens is 382 g/mol. The SMILES string of the molecule is COc1cccc(NC(=O)CN(C)C(=O)COC(=O)c2ccccc2[N+](=O)[O-])c1. The molecular formula is C19H19N3O7. The Labute approximate surface area is 166 Å². The zero-order chi connectivity index (χ0) is 21.4. The number of carbonyl (C=O) groups excluding carboxylic acids is 3. The minimum absolute atomic E-state index is 0.260. The summed E-state index contributed by atoms with van der Waals surface area (Å²) >= 11 is 0. The van der Waals surface area contributed by atoms with Crippen molar-refractivity contribution in [2.45, 2.75) is 0 Å². The van der Waals surface area contributed by atoms with E-state index in [0.717, 1.165) is 11.0 Å². The summed E-state index contributed by atoms with van der Waals surface area (Å²) in [7, 11) is 2.87. The van der Waals surface area contributed by atoms with Crippen LogP contribution in [0.2, 0.25) is 0 Å². The number of ether oxygens (including phenoxy) is 2. The molecule has 0 saturated carbocycles. The van der Waals surface area contributed by atoms with E-state index in [0.29, 0.717) is 11.4 Å². The van der Waals surface area contributed by atoms with Crippen LogP contribution in [0.5, 0.6) is 5.75 Å². The topological polar surface area (TPSA) is 128 Å². The van der Waals surface area contributed by atoms with Crippen LogP contribution in [-0.4, -0.2) is 54.9 Å². The Bertz CT molecular complexity index is 930. The van der Waals surface area contributed by atoms with Gasteiger partial charge in [-0.25, -0.2) is 4.79 Å². The number of hydrogen-bond acceptors (Lipinski definition) is 7. The van der Waals surface area contributed by atoms with E-state index in [2.05, 4.69) is 5.32 Å². The molecule has 0 spiro atoms. The molecule has 0 unspecified atom stereocenters. The van der Waals surface area contributed by atoms with Gasteiger partial charge in [0.2, 0.25) is 5.91 Å². The predicted octanol–water partition coefficient (Wildman–Crippen LogP) is 1.86. The molecule has 0 aromatic heterocycles. The van der Waals surface area contributed by atoms with Crippen LogP contribution in [0.25, 0.3) is 0 Å². The third-order valence-corrected chi connectivity index (χ3v) is 3.81. The van der Waals surface area contributed by atoms with E-state index in [4.69, 9.17) is 9.47 Å². The average Bonchev–Trinajstić information content (AvgIpc) is 2.71. The number of likely N-dealkylation sites (N-methyl/N-ethyl adjacent to an activating group) is 1. The smallest absolute Gasteiger partial charge is 0.345 e. The minimum atomic E-state index is -1.00. The van der Waals surface area contributed by atoms with E-state index < -0.39 is 35.0 Å². The summed E-state index contributed by atoms with van der Waals surface area (Å²) in [5.74, 6) is -1.54. The summed E-state index contributed by atoms with van der Waals surface area (Å²) in [6.45, 7) is -0.938. The highest BCUT2D eigenvalue weighted by Crippen LogP contribution is 2.18. The fourth-order valence-corrected chi connectivity index (χ4v) is 2.33. The standard InChI is InChI=1S/C19H19N3O7/c1-21(11-17(23)20-13-6-5-7-14(10-13)28-2)18(24)12-29-19(25)15-8-3-4-9-16(15)22(26)27/h3-10H,11-12H2,1-2H3,(H,20,23). The number of methoxy groups -OCH3 is 1. The maximum Gasteiger partial charge on any atom is 0.345 e. The van der Waals surface area contributed by atoms with Gasteiger partial charge in [-0.05, 0) is 18.2 Å². The number of carbonyl (C=O) groups is 3. The first-order valence-corrected chi connectivity index (χ1v) is 8.40. The highest BCUT2D eigenvalue weighted by atomic mass is 16.6. The number of benzene rings is 2. The third kappa shape index (κ3) is 6.03. The summed E-state index contributed by atoms with van der Waals surface area (Å²) < 4.78 is 9.91. The second-order valence-corrected chi connectivity index (χ2v) is 5.88. The molecule has 10 heteroatoms. The van der Waals surface area contributed by atoms with E-state index in [1.807, 2.05) is 0 Å². The van der Waals surface area contributed by atoms with Crippen LogP contribution in [0, 0.1) is 10.1 Å². The van der Waals surface area contributed by atoms with Gasteiger partial charge in [-0.2, -0.15) is 0 Å². The first-order valence-electron chi connectivity index (χ1n) is 8.40. The van der Waals surface area contributed by atoms with Crippen molar-refractivity contribution in [1.82, 2.24) is 4.90 Å². The van der Waals surface area contributed by atoms with E-state index >= 15 is 0 Å². The Morgan fingerprint density at radius 2 is 1.86 bits per heavy atom. The zero-order valence-corrected chi connectivity index (χ0v) is 15.8. The third-order valence-electron chi connectivity index (χ3n) is 3.81. The molecule has 0 aliphatic carbocycles. The van der Waals surface area contributed by atoms with Crippen molar-refractivity contribution in [1.29, 1.82) is 0 Å². The summed E-state index contributed by atoms with van der Waals surface area (Å²) in [5.41, 5.74) is -0.183. The summed E-state index contributed by atoms with van der Waals surface area (Å²) in [4.78, 5) is 47.5. The molecule has 1 N–H and O–H groups in total. The molecule has 0 aliphatic rings. The summed E-state index contributed by atoms with van der Waals surface area (Å²) in [6.07, 6.45) is 0. The van der Waals surface area contributed by atoms with Crippen molar-refractivity contribution in [3.05, 3.63) is 64.2 Å². The Kier molecular flexibility index (Phi) is 7.24. The second kappa shape index (κ2) is 9.83. The van der Waals surface area contributed by atoms with Crippen LogP contribution in [0.1, 0.15) is 10.4 Å². The normalized spacial score (nSPS) is 10.0. The van der Waals surface area contributed by atoms with Gasteiger partial charge in [0.05, 0.1) is 18.6 Å². The van der Waals surface area contributed by atoms with Crippen LogP contribution in [0.4, 0.5) is 11.4 Å². The molecule has 10 nitrogen and oxygen atoms in total. The Morgan fingerprint density at radius 1 is 1.14 bits per heavy atom. The van der Waals surface area contributed by atoms with Crippen molar-refractivity contribution < 1.29 is 28.8 Å². The number of para-hydroxylation sites is 1. The van der Waals surface area contributed by atoms with Gasteiger partial charge in [0.15, 0.2) is 6.61 Å². The van der Waals surface area contributed by atoms with Crippen molar-refractivity contribution in [3.63, 3.8) is 0 Å². The largest absolute Gasteiger partial charge is 0.497 e. The van der Waals surface area contributed by atoms with Gasteiger partial charge in [0.1, 0.15) is 11.3 Å². The molecule has 2 aromatic rings. The molecule has 152 valence electrons. The number of esters is 1. The van der Waals surface area contributed by atoms with Crippen molar-refractivity contribution in [2.24, 2.45) is 0 Å². The Morgan fingerprint density at radius 3 is 2.55 bits per heavy atom. The van der Waals surface area contributed by atoms with Crippen LogP contribution < -0.4 is 10.1 Å². The Balaban J connectivity index is 1.88. The van der Waals surface area contributed by atoms with Gasteiger partial charge < -0.3 is 19.7 Å². The lowest BCUT2D eigenvalue weighted by Crippen LogP contribution is -2.37. The van der Waals surface area contributed by atoms with Gasteiger partial charge in [-0.1, -0.05) is 18.2 Å². The van der Waals surface area contributed by atoms with Gasteiger partial charge in [-0.15, -0.1) is 0 Å². The lowest BCUT2D eigenvalue weighted by molar-refractivity contribution is -0.385. The molecule has 29 heavy (non-hydrogen) atoms. The van der Waals surface area contributed by atoms with E-state index in [-0.39, 0.29) is 12.1 Å². The second-order valence-electron chi connectivity index (χ2n) is 5.88. The first-order chi connectivity index (χ1) is 13.8. The van der Waals surface area contributed by atoms with Crippen molar-refractivity contribution >= 4 is 29.2 Å². The number of nitro groups is 1. The average molecular weight is 401 g/mol. The van der Waals surface area contributed by atoms with Crippen LogP contribution in [0.15, 0.2) is 48.5 Å². The molecule has 0 aliphatic heterocycles. The number of amides is 2. The summed E-state index contributed by atoms with van der Waals surface area (Å²) in [5, 5.41) is 13.6. The van der Waals surface area contributed by atoms with Gasteiger partial charge in [-0.3, -0.25) is 19.7 Å². The molecule has 0 atom stereocenters. The zero-order valence-electron chi connectivity index (χ0n) is 15.8. The lowest BCUT2D eigenvalue weighted by atomic mass is 10.2. The lowest BCUT2D eigenvalue weighted by Gasteiger charge is -2.17. The number of anilines is 1. The number of hydrogen-bond donors (Lipinski definition) is 1. The molecule has 2 rings (SSSR count). The number of nitro benzene ring substituents is 1. The monoisotopic (exact) mass is 401 g/mol. The van der Waals surface area contributed by atoms with Crippen LogP contribution >= 0.6 is 0 Å². The quantitative estimate of drug-likeness (QED) is 0.406. The molecule has 2 aromatic carbocycles. The maximum absolute atomic E-state index is 12.1. The fraction of sp³-hybridized carbons (Fsp3) is 0.211. The van der Waals surface area contributed by atoms with Crippen molar-refractivity contribution in [2.75, 3.05) is 32.6 Å². The van der Waals surface area contributed by atoms with E-state index in [9.17, 15) is 24.5 Å². The van der Waals surface area contributed by atoms with Crippen LogP contribution in [-0.2, 0) is 14.3 Å². The molecule has 0 bridgehead atoms. The predicted molar refractivity (Wildman–Crippen MR) is 103 cm³/mol. The van der Waals surface area contributed by atoms with Gasteiger partial charge in [0, 0.05) is 24.9 Å². The van der Waals surface area contributed by atoms with E-state index in [1.54, 1.807) is 24.3 Å². The Hall–Kier alpha value is -3.95. The van der Waals surface area contributed by atoms with Crippen LogP contribution in [0.3, 0.4) is 0 Å². The highest BCUT2D eigenvalue weighted by molar-refractivity contribution is 5.96. The van der Waals surface area contributed by atoms with Gasteiger partial charge >= 0.3 is 5.97 Å². The molecule has 0 saturated heterocycles. The maximum atomic E-state index is 12.1. The van der Waals surface area contributed by atoms with Gasteiger partial charge in [0.25, 0.3) is 11.6 Å². The first kappa shape index (κ1) is 21.4. The number of nitrogens with one attached hydrogen (secondary N) is 1. The number of rotatable bonds is 8. The fourth-order valence-electron chi connectivity index (χ4n) is 2.33. The number of nitrogens with zero attached hydrogens (tertiary/aromatic N) is 2. The highest BCUT2D eigenvalue weighted by Gasteiger charge is 2.22. The molecule has 0 heterocycles. The summed E-state index contributed by atoms with van der Waals surface area (Å²) in [6, 6.07) is 12.0. The molecule has 2 amide bonds. The minimum Gasteiger partial charge on any atom is -0.497 e. The van der Waals surface area contributed by atoms with E-state index in [1.165, 1.54) is 32.4 Å². The molecule has 0 radical (unpaired) electrons. The van der Waals surface area contributed by atoms with Crippen molar-refractivity contribution in [3.8, 4) is 5.75 Å². The molecule has 0 fully saturated rings.